The maximum absolute atomic E-state index is 13.6. The Labute approximate surface area is 237 Å². The van der Waals surface area contributed by atoms with Crippen LogP contribution in [0, 0.1) is 0 Å². The molecule has 2 N–H and O–H groups in total. The summed E-state index contributed by atoms with van der Waals surface area (Å²) in [6, 6.07) is 19.9. The predicted molar refractivity (Wildman–Crippen MR) is 157 cm³/mol. The number of phenols is 1. The molecule has 1 saturated heterocycles. The number of nitrogens with one attached hydrogen (secondary N) is 1. The Morgan fingerprint density at radius 1 is 1.02 bits per heavy atom. The van der Waals surface area contributed by atoms with E-state index in [1.54, 1.807) is 23.1 Å². The minimum Gasteiger partial charge on any atom is -0.502 e. The summed E-state index contributed by atoms with van der Waals surface area (Å²) in [4.78, 5) is 32.3. The summed E-state index contributed by atoms with van der Waals surface area (Å²) in [5.74, 6) is 0.114. The number of aromatic hydroxyl groups is 1. The van der Waals surface area contributed by atoms with Crippen LogP contribution in [0.1, 0.15) is 31.9 Å². The molecule has 0 spiro atoms. The lowest BCUT2D eigenvalue weighted by Gasteiger charge is -2.19. The SMILES string of the molecule is COc1cc(/C=C2\SC(=Nc3ccc(CNC(=O)OC(C)(C)C)cc3)N(c3ccccc3)C2=O)cc(OC)c1O. The number of hydrogen-bond acceptors (Lipinski definition) is 8. The lowest BCUT2D eigenvalue weighted by Crippen LogP contribution is -2.32. The van der Waals surface area contributed by atoms with Gasteiger partial charge in [-0.1, -0.05) is 30.3 Å². The van der Waals surface area contributed by atoms with Crippen LogP contribution in [0.4, 0.5) is 16.2 Å². The van der Waals surface area contributed by atoms with Crippen LogP contribution in [0.3, 0.4) is 0 Å². The van der Waals surface area contributed by atoms with Crippen molar-refractivity contribution in [3.8, 4) is 17.2 Å². The highest BCUT2D eigenvalue weighted by Gasteiger charge is 2.35. The number of hydrogen-bond donors (Lipinski definition) is 2. The highest BCUT2D eigenvalue weighted by Crippen LogP contribution is 2.41. The average Bonchev–Trinajstić information content (AvgIpc) is 3.22. The van der Waals surface area contributed by atoms with Gasteiger partial charge in [-0.15, -0.1) is 0 Å². The lowest BCUT2D eigenvalue weighted by molar-refractivity contribution is -0.113. The number of ether oxygens (including phenoxy) is 3. The molecule has 0 saturated carbocycles. The van der Waals surface area contributed by atoms with Crippen molar-refractivity contribution in [2.24, 2.45) is 4.99 Å². The van der Waals surface area contributed by atoms with Crippen LogP contribution in [0.5, 0.6) is 17.2 Å². The molecule has 0 radical (unpaired) electrons. The van der Waals surface area contributed by atoms with Crippen LogP contribution in [0.2, 0.25) is 0 Å². The van der Waals surface area contributed by atoms with Gasteiger partial charge in [-0.3, -0.25) is 9.69 Å². The average molecular weight is 562 g/mol. The van der Waals surface area contributed by atoms with Gasteiger partial charge in [-0.05, 0) is 86.1 Å². The number of rotatable bonds is 7. The maximum atomic E-state index is 13.6. The molecular formula is C30H31N3O6S. The Hall–Kier alpha value is -4.44. The molecule has 0 aromatic heterocycles. The number of amidine groups is 1. The number of amides is 2. The number of nitrogens with zero attached hydrogens (tertiary/aromatic N) is 2. The normalized spacial score (nSPS) is 15.4. The van der Waals surface area contributed by atoms with Crippen LogP contribution in [-0.4, -0.2) is 42.1 Å². The summed E-state index contributed by atoms with van der Waals surface area (Å²) in [5, 5.41) is 13.5. The van der Waals surface area contributed by atoms with E-state index in [2.05, 4.69) is 5.32 Å². The molecule has 0 atom stereocenters. The molecule has 2 amide bonds. The van der Waals surface area contributed by atoms with Crippen LogP contribution in [-0.2, 0) is 16.1 Å². The van der Waals surface area contributed by atoms with Crippen molar-refractivity contribution in [3.63, 3.8) is 0 Å². The fourth-order valence-corrected chi connectivity index (χ4v) is 4.79. The number of carbonyl (C=O) groups is 2. The largest absolute Gasteiger partial charge is 0.502 e. The number of carbonyl (C=O) groups excluding carboxylic acids is 2. The Morgan fingerprint density at radius 3 is 2.23 bits per heavy atom. The van der Waals surface area contributed by atoms with Gasteiger partial charge in [0.15, 0.2) is 16.7 Å². The first kappa shape index (κ1) is 28.6. The van der Waals surface area contributed by atoms with Crippen molar-refractivity contribution in [2.75, 3.05) is 19.1 Å². The van der Waals surface area contributed by atoms with Gasteiger partial charge >= 0.3 is 6.09 Å². The van der Waals surface area contributed by atoms with Gasteiger partial charge in [0.2, 0.25) is 5.75 Å². The highest BCUT2D eigenvalue weighted by molar-refractivity contribution is 8.19. The first-order chi connectivity index (χ1) is 19.1. The van der Waals surface area contributed by atoms with Crippen molar-refractivity contribution in [3.05, 3.63) is 82.8 Å². The Morgan fingerprint density at radius 2 is 1.65 bits per heavy atom. The second-order valence-corrected chi connectivity index (χ2v) is 10.8. The van der Waals surface area contributed by atoms with Gasteiger partial charge in [0.05, 0.1) is 30.5 Å². The molecule has 10 heteroatoms. The molecule has 40 heavy (non-hydrogen) atoms. The minimum atomic E-state index is -0.571. The molecule has 0 unspecified atom stereocenters. The monoisotopic (exact) mass is 561 g/mol. The van der Waals surface area contributed by atoms with Crippen molar-refractivity contribution < 1.29 is 28.9 Å². The Bertz CT molecular complexity index is 1420. The first-order valence-corrected chi connectivity index (χ1v) is 13.3. The number of benzene rings is 3. The molecule has 9 nitrogen and oxygen atoms in total. The molecule has 1 fully saturated rings. The fourth-order valence-electron chi connectivity index (χ4n) is 3.79. The second kappa shape index (κ2) is 12.2. The summed E-state index contributed by atoms with van der Waals surface area (Å²) in [6.07, 6.45) is 1.22. The highest BCUT2D eigenvalue weighted by atomic mass is 32.2. The minimum absolute atomic E-state index is 0.115. The quantitative estimate of drug-likeness (QED) is 0.329. The zero-order valence-electron chi connectivity index (χ0n) is 22.9. The van der Waals surface area contributed by atoms with Crippen LogP contribution in [0.25, 0.3) is 6.08 Å². The van der Waals surface area contributed by atoms with Gasteiger partial charge in [0, 0.05) is 6.54 Å². The first-order valence-electron chi connectivity index (χ1n) is 12.5. The van der Waals surface area contributed by atoms with E-state index < -0.39 is 11.7 Å². The van der Waals surface area contributed by atoms with E-state index in [9.17, 15) is 14.7 Å². The number of phenolic OH excluding ortho intramolecular Hbond substituents is 1. The molecule has 4 rings (SSSR count). The van der Waals surface area contributed by atoms with E-state index in [0.29, 0.717) is 33.6 Å². The molecule has 1 heterocycles. The molecule has 208 valence electrons. The number of methoxy groups -OCH3 is 2. The molecule has 1 aliphatic heterocycles. The number of anilines is 1. The van der Waals surface area contributed by atoms with Crippen molar-refractivity contribution in [1.82, 2.24) is 5.32 Å². The summed E-state index contributed by atoms with van der Waals surface area (Å²) in [7, 11) is 2.89. The van der Waals surface area contributed by atoms with Gasteiger partial charge in [-0.2, -0.15) is 0 Å². The van der Waals surface area contributed by atoms with Gasteiger partial charge in [0.25, 0.3) is 5.91 Å². The Balaban J connectivity index is 1.61. The molecule has 3 aromatic carbocycles. The molecule has 0 aliphatic carbocycles. The second-order valence-electron chi connectivity index (χ2n) is 9.78. The summed E-state index contributed by atoms with van der Waals surface area (Å²) >= 11 is 1.24. The third kappa shape index (κ3) is 6.95. The van der Waals surface area contributed by atoms with E-state index in [0.717, 1.165) is 5.56 Å². The molecule has 1 aliphatic rings. The third-order valence-electron chi connectivity index (χ3n) is 5.62. The van der Waals surface area contributed by atoms with Crippen LogP contribution >= 0.6 is 11.8 Å². The van der Waals surface area contributed by atoms with Gasteiger partial charge in [-0.25, -0.2) is 9.79 Å². The van der Waals surface area contributed by atoms with E-state index in [4.69, 9.17) is 19.2 Å². The standard InChI is InChI=1S/C30H31N3O6S/c1-30(2,3)39-29(36)31-18-19-11-13-21(14-12-19)32-28-33(22-9-7-6-8-10-22)27(35)25(40-28)17-20-15-23(37-4)26(34)24(16-20)38-5/h6-17,34H,18H2,1-5H3,(H,31,36)/b25-17-,32-28?. The number of aliphatic imine (C=N–C) groups is 1. The fraction of sp³-hybridized carbons (Fsp3) is 0.233. The van der Waals surface area contributed by atoms with E-state index >= 15 is 0 Å². The lowest BCUT2D eigenvalue weighted by atomic mass is 10.1. The van der Waals surface area contributed by atoms with Gasteiger partial charge in [0.1, 0.15) is 5.60 Å². The predicted octanol–water partition coefficient (Wildman–Crippen LogP) is 6.24. The van der Waals surface area contributed by atoms with Crippen LogP contribution < -0.4 is 19.7 Å². The van der Waals surface area contributed by atoms with Crippen LogP contribution in [0.15, 0.2) is 76.6 Å². The smallest absolute Gasteiger partial charge is 0.407 e. The molecule has 3 aromatic rings. The van der Waals surface area contributed by atoms with E-state index in [-0.39, 0.29) is 23.2 Å². The van der Waals surface area contributed by atoms with Crippen molar-refractivity contribution >= 4 is 46.4 Å². The molecule has 0 bridgehead atoms. The van der Waals surface area contributed by atoms with Gasteiger partial charge < -0.3 is 24.6 Å². The Kier molecular flexibility index (Phi) is 8.69. The van der Waals surface area contributed by atoms with Crippen molar-refractivity contribution in [1.29, 1.82) is 0 Å². The van der Waals surface area contributed by atoms with Crippen molar-refractivity contribution in [2.45, 2.75) is 32.9 Å². The third-order valence-corrected chi connectivity index (χ3v) is 6.59. The van der Waals surface area contributed by atoms with E-state index in [1.165, 1.54) is 26.0 Å². The topological polar surface area (TPSA) is 110 Å². The zero-order chi connectivity index (χ0) is 28.9. The zero-order valence-corrected chi connectivity index (χ0v) is 23.7. The maximum Gasteiger partial charge on any atom is 0.407 e. The number of para-hydroxylation sites is 1. The van der Waals surface area contributed by atoms with E-state index in [1.807, 2.05) is 75.4 Å². The summed E-state index contributed by atoms with van der Waals surface area (Å²) in [5.41, 5.74) is 2.26. The molecular weight excluding hydrogens is 530 g/mol. The summed E-state index contributed by atoms with van der Waals surface area (Å²) in [6.45, 7) is 5.74. The summed E-state index contributed by atoms with van der Waals surface area (Å²) < 4.78 is 15.8. The number of alkyl carbamates (subject to hydrolysis) is 1. The number of thioether (sulfide) groups is 1.